The van der Waals surface area contributed by atoms with E-state index in [1.807, 2.05) is 0 Å². The van der Waals surface area contributed by atoms with Crippen LogP contribution in [0.25, 0.3) is 0 Å². The quantitative estimate of drug-likeness (QED) is 0.485. The molecular formula is C11H10ClNO4. The Kier molecular flexibility index (Phi) is 3.85. The molecule has 0 heterocycles. The van der Waals surface area contributed by atoms with Crippen LogP contribution in [0.15, 0.2) is 12.1 Å². The Bertz CT molecular complexity index is 510. The van der Waals surface area contributed by atoms with Crippen molar-refractivity contribution >= 4 is 34.8 Å². The molecule has 0 aliphatic carbocycles. The molecule has 0 atom stereocenters. The van der Waals surface area contributed by atoms with E-state index in [9.17, 15) is 14.4 Å². The molecule has 0 aromatic heterocycles. The van der Waals surface area contributed by atoms with E-state index >= 15 is 0 Å². The number of carbonyl (C=O) groups excluding carboxylic acids is 2. The first-order valence-electron chi connectivity index (χ1n) is 4.68. The molecule has 0 aliphatic heterocycles. The average molecular weight is 256 g/mol. The molecule has 6 heteroatoms. The summed E-state index contributed by atoms with van der Waals surface area (Å²) in [4.78, 5) is 33.5. The molecule has 0 aliphatic rings. The van der Waals surface area contributed by atoms with Crippen LogP contribution in [0, 0.1) is 0 Å². The number of halogens is 1. The summed E-state index contributed by atoms with van der Waals surface area (Å²) in [5, 5.41) is 9.01. The van der Waals surface area contributed by atoms with Crippen LogP contribution in [-0.4, -0.2) is 22.6 Å². The topological polar surface area (TPSA) is 97.5 Å². The van der Waals surface area contributed by atoms with E-state index in [0.29, 0.717) is 0 Å². The molecule has 0 bridgehead atoms. The van der Waals surface area contributed by atoms with Crippen molar-refractivity contribution in [1.82, 2.24) is 0 Å². The van der Waals surface area contributed by atoms with Crippen molar-refractivity contribution in [1.29, 1.82) is 0 Å². The van der Waals surface area contributed by atoms with Gasteiger partial charge in [-0.25, -0.2) is 4.79 Å². The van der Waals surface area contributed by atoms with E-state index in [-0.39, 0.29) is 27.6 Å². The van der Waals surface area contributed by atoms with Crippen molar-refractivity contribution in [2.75, 3.05) is 5.73 Å². The van der Waals surface area contributed by atoms with E-state index in [1.165, 1.54) is 19.1 Å². The van der Waals surface area contributed by atoms with E-state index in [1.54, 1.807) is 0 Å². The van der Waals surface area contributed by atoms with Crippen molar-refractivity contribution in [3.8, 4) is 0 Å². The van der Waals surface area contributed by atoms with Crippen molar-refractivity contribution in [2.24, 2.45) is 0 Å². The zero-order valence-corrected chi connectivity index (χ0v) is 9.75. The Hall–Kier alpha value is -1.88. The second-order valence-electron chi connectivity index (χ2n) is 3.49. The maximum Gasteiger partial charge on any atom is 0.336 e. The normalized spacial score (nSPS) is 10.0. The first-order chi connectivity index (χ1) is 7.84. The van der Waals surface area contributed by atoms with Gasteiger partial charge in [-0.1, -0.05) is 11.6 Å². The van der Waals surface area contributed by atoms with Gasteiger partial charge in [-0.15, -0.1) is 0 Å². The van der Waals surface area contributed by atoms with Gasteiger partial charge < -0.3 is 10.8 Å². The van der Waals surface area contributed by atoms with Gasteiger partial charge in [0.1, 0.15) is 5.78 Å². The zero-order valence-electron chi connectivity index (χ0n) is 8.99. The Labute approximate surface area is 102 Å². The van der Waals surface area contributed by atoms with Gasteiger partial charge >= 0.3 is 5.97 Å². The number of carboxylic acid groups (broad SMARTS) is 1. The Morgan fingerprint density at radius 2 is 1.94 bits per heavy atom. The number of carboxylic acids is 1. The van der Waals surface area contributed by atoms with Crippen molar-refractivity contribution in [2.45, 2.75) is 13.3 Å². The monoisotopic (exact) mass is 255 g/mol. The van der Waals surface area contributed by atoms with Gasteiger partial charge in [0, 0.05) is 0 Å². The first-order valence-corrected chi connectivity index (χ1v) is 5.06. The molecule has 1 rings (SSSR count). The van der Waals surface area contributed by atoms with Gasteiger partial charge in [0.05, 0.1) is 28.3 Å². The number of ketones is 2. The molecule has 0 unspecified atom stereocenters. The fourth-order valence-corrected chi connectivity index (χ4v) is 1.54. The minimum atomic E-state index is -1.29. The van der Waals surface area contributed by atoms with Crippen molar-refractivity contribution < 1.29 is 19.5 Å². The van der Waals surface area contributed by atoms with E-state index in [0.717, 1.165) is 0 Å². The third-order valence-electron chi connectivity index (χ3n) is 2.11. The molecule has 0 saturated heterocycles. The van der Waals surface area contributed by atoms with Crippen LogP contribution >= 0.6 is 11.6 Å². The first kappa shape index (κ1) is 13.2. The van der Waals surface area contributed by atoms with Gasteiger partial charge in [0.2, 0.25) is 0 Å². The summed E-state index contributed by atoms with van der Waals surface area (Å²) >= 11 is 5.72. The Morgan fingerprint density at radius 1 is 1.35 bits per heavy atom. The lowest BCUT2D eigenvalue weighted by Crippen LogP contribution is -2.14. The second-order valence-corrected chi connectivity index (χ2v) is 3.90. The highest BCUT2D eigenvalue weighted by molar-refractivity contribution is 6.34. The molecule has 5 nitrogen and oxygen atoms in total. The third-order valence-corrected chi connectivity index (χ3v) is 2.44. The molecule has 1 aromatic carbocycles. The van der Waals surface area contributed by atoms with E-state index in [2.05, 4.69) is 0 Å². The summed E-state index contributed by atoms with van der Waals surface area (Å²) in [5.74, 6) is -2.30. The molecule has 0 amide bonds. The number of rotatable bonds is 4. The Balaban J connectivity index is 3.37. The Morgan fingerprint density at radius 3 is 2.41 bits per heavy atom. The number of aromatic carboxylic acids is 1. The molecule has 90 valence electrons. The smallest absolute Gasteiger partial charge is 0.336 e. The number of hydrogen-bond donors (Lipinski definition) is 2. The minimum absolute atomic E-state index is 0.0851. The van der Waals surface area contributed by atoms with Gasteiger partial charge in [0.25, 0.3) is 0 Å². The predicted octanol–water partition coefficient (Wildman–Crippen LogP) is 1.78. The highest BCUT2D eigenvalue weighted by atomic mass is 35.5. The predicted molar refractivity (Wildman–Crippen MR) is 62.5 cm³/mol. The fourth-order valence-electron chi connectivity index (χ4n) is 1.39. The summed E-state index contributed by atoms with van der Waals surface area (Å²) in [6.45, 7) is 1.24. The van der Waals surface area contributed by atoms with Crippen LogP contribution in [0.5, 0.6) is 0 Å². The molecule has 17 heavy (non-hydrogen) atoms. The van der Waals surface area contributed by atoms with Gasteiger partial charge in [0.15, 0.2) is 5.78 Å². The summed E-state index contributed by atoms with van der Waals surface area (Å²) in [5.41, 5.74) is 5.00. The third kappa shape index (κ3) is 2.82. The van der Waals surface area contributed by atoms with Crippen molar-refractivity contribution in [3.63, 3.8) is 0 Å². The molecular weight excluding hydrogens is 246 g/mol. The van der Waals surface area contributed by atoms with Gasteiger partial charge in [-0.05, 0) is 19.1 Å². The fraction of sp³-hybridized carbons (Fsp3) is 0.182. The number of Topliss-reactive ketones (excluding diaryl/α,β-unsaturated/α-hetero) is 2. The van der Waals surface area contributed by atoms with Crippen molar-refractivity contribution in [3.05, 3.63) is 28.3 Å². The summed E-state index contributed by atoms with van der Waals surface area (Å²) in [6.07, 6.45) is -0.398. The lowest BCUT2D eigenvalue weighted by atomic mass is 9.98. The average Bonchev–Trinajstić information content (AvgIpc) is 2.20. The van der Waals surface area contributed by atoms with Gasteiger partial charge in [-0.3, -0.25) is 9.59 Å². The molecule has 1 aromatic rings. The van der Waals surface area contributed by atoms with Crippen LogP contribution in [0.2, 0.25) is 5.02 Å². The molecule has 0 saturated carbocycles. The van der Waals surface area contributed by atoms with Crippen LogP contribution in [0.4, 0.5) is 5.69 Å². The number of anilines is 1. The lowest BCUT2D eigenvalue weighted by Gasteiger charge is -2.09. The van der Waals surface area contributed by atoms with Crippen LogP contribution in [0.3, 0.4) is 0 Å². The molecule has 3 N–H and O–H groups in total. The summed E-state index contributed by atoms with van der Waals surface area (Å²) in [6, 6.07) is 2.49. The number of nitrogen functional groups attached to an aromatic ring is 1. The van der Waals surface area contributed by atoms with Gasteiger partial charge in [-0.2, -0.15) is 0 Å². The molecule has 0 fully saturated rings. The zero-order chi connectivity index (χ0) is 13.2. The number of benzene rings is 1. The SMILES string of the molecule is CC(=O)CC(=O)c1c(C(=O)O)ccc(Cl)c1N. The van der Waals surface area contributed by atoms with Crippen LogP contribution in [-0.2, 0) is 4.79 Å². The highest BCUT2D eigenvalue weighted by Gasteiger charge is 2.22. The largest absolute Gasteiger partial charge is 0.478 e. The van der Waals surface area contributed by atoms with E-state index < -0.39 is 18.2 Å². The standard InChI is InChI=1S/C11H10ClNO4/c1-5(14)4-8(15)9-6(11(16)17)2-3-7(12)10(9)13/h2-3H,4,13H2,1H3,(H,16,17). The number of hydrogen-bond acceptors (Lipinski definition) is 4. The van der Waals surface area contributed by atoms with Crippen LogP contribution < -0.4 is 5.73 Å². The minimum Gasteiger partial charge on any atom is -0.478 e. The number of nitrogens with two attached hydrogens (primary N) is 1. The maximum absolute atomic E-state index is 11.7. The van der Waals surface area contributed by atoms with E-state index in [4.69, 9.17) is 22.4 Å². The maximum atomic E-state index is 11.7. The summed E-state index contributed by atoms with van der Waals surface area (Å²) < 4.78 is 0. The molecule has 0 radical (unpaired) electrons. The van der Waals surface area contributed by atoms with Crippen LogP contribution in [0.1, 0.15) is 34.1 Å². The molecule has 0 spiro atoms. The second kappa shape index (κ2) is 4.97. The highest BCUT2D eigenvalue weighted by Crippen LogP contribution is 2.27. The number of carbonyl (C=O) groups is 3. The summed E-state index contributed by atoms with van der Waals surface area (Å²) in [7, 11) is 0. The lowest BCUT2D eigenvalue weighted by molar-refractivity contribution is -0.116.